The molecule has 2 aliphatic heterocycles. The highest BCUT2D eigenvalue weighted by Gasteiger charge is 2.28. The van der Waals surface area contributed by atoms with E-state index < -0.39 is 5.91 Å². The second kappa shape index (κ2) is 10.3. The Morgan fingerprint density at radius 3 is 2.74 bits per heavy atom. The van der Waals surface area contributed by atoms with Crippen molar-refractivity contribution >= 4 is 29.9 Å². The zero-order valence-electron chi connectivity index (χ0n) is 15.6. The van der Waals surface area contributed by atoms with Gasteiger partial charge in [-0.25, -0.2) is 0 Å². The van der Waals surface area contributed by atoms with Crippen molar-refractivity contribution in [3.63, 3.8) is 0 Å². The minimum Gasteiger partial charge on any atom is -0.493 e. The molecule has 27 heavy (non-hydrogen) atoms. The Morgan fingerprint density at radius 2 is 2.07 bits per heavy atom. The fourth-order valence-electron chi connectivity index (χ4n) is 3.71. The summed E-state index contributed by atoms with van der Waals surface area (Å²) >= 11 is 6.34. The Labute approximate surface area is 171 Å². The Balaban J connectivity index is 0.00000261. The van der Waals surface area contributed by atoms with Crippen molar-refractivity contribution in [3.8, 4) is 11.5 Å². The molecule has 0 saturated carbocycles. The lowest BCUT2D eigenvalue weighted by Crippen LogP contribution is -2.49. The number of likely N-dealkylation sites (tertiary alicyclic amines) is 1. The summed E-state index contributed by atoms with van der Waals surface area (Å²) in [6.45, 7) is 7.15. The van der Waals surface area contributed by atoms with E-state index >= 15 is 0 Å². The topological polar surface area (TPSA) is 80.1 Å². The smallest absolute Gasteiger partial charge is 0.255 e. The number of carbonyl (C=O) groups is 1. The van der Waals surface area contributed by atoms with Gasteiger partial charge in [-0.1, -0.05) is 11.6 Å². The van der Waals surface area contributed by atoms with Gasteiger partial charge in [0, 0.05) is 51.9 Å². The Kier molecular flexibility index (Phi) is 8.44. The van der Waals surface area contributed by atoms with Gasteiger partial charge in [0.1, 0.15) is 0 Å². The Bertz CT molecular complexity index is 641. The molecule has 3 rings (SSSR count). The third-order valence-electron chi connectivity index (χ3n) is 4.97. The third kappa shape index (κ3) is 5.86. The van der Waals surface area contributed by atoms with Crippen LogP contribution in [0.25, 0.3) is 0 Å². The van der Waals surface area contributed by atoms with Gasteiger partial charge < -0.3 is 20.5 Å². The van der Waals surface area contributed by atoms with Crippen molar-refractivity contribution < 1.29 is 14.3 Å². The molecule has 1 aromatic rings. The maximum Gasteiger partial charge on any atom is 0.255 e. The number of hydrogen-bond acceptors (Lipinski definition) is 6. The predicted molar refractivity (Wildman–Crippen MR) is 108 cm³/mol. The summed E-state index contributed by atoms with van der Waals surface area (Å²) in [5.74, 6) is 0.326. The summed E-state index contributed by atoms with van der Waals surface area (Å²) in [6, 6.07) is 4.42. The SMILES string of the molecule is COc1cc(CN2CCC(N3CCNCC3)C2)cc(Cl)c1OCC(N)=O.Cl. The number of piperazine rings is 1. The van der Waals surface area contributed by atoms with Gasteiger partial charge in [0.15, 0.2) is 18.1 Å². The number of halogens is 2. The number of carbonyl (C=O) groups excluding carboxylic acids is 1. The maximum atomic E-state index is 10.9. The van der Waals surface area contributed by atoms with Gasteiger partial charge in [-0.15, -0.1) is 12.4 Å². The largest absolute Gasteiger partial charge is 0.493 e. The van der Waals surface area contributed by atoms with Crippen LogP contribution < -0.4 is 20.5 Å². The van der Waals surface area contributed by atoms with Gasteiger partial charge in [-0.05, 0) is 24.1 Å². The van der Waals surface area contributed by atoms with E-state index in [4.69, 9.17) is 26.8 Å². The van der Waals surface area contributed by atoms with E-state index in [2.05, 4.69) is 15.1 Å². The molecular formula is C18H28Cl2N4O3. The number of primary amides is 1. The molecule has 7 nitrogen and oxygen atoms in total. The average Bonchev–Trinajstić information content (AvgIpc) is 3.09. The van der Waals surface area contributed by atoms with Crippen molar-refractivity contribution in [3.05, 3.63) is 22.7 Å². The normalized spacial score (nSPS) is 20.9. The van der Waals surface area contributed by atoms with Crippen LogP contribution in [0.3, 0.4) is 0 Å². The number of ether oxygens (including phenoxy) is 2. The molecule has 3 N–H and O–H groups in total. The molecule has 0 aliphatic carbocycles. The number of benzene rings is 1. The Hall–Kier alpha value is -1.25. The van der Waals surface area contributed by atoms with Crippen molar-refractivity contribution in [1.82, 2.24) is 15.1 Å². The second-order valence-electron chi connectivity index (χ2n) is 6.83. The van der Waals surface area contributed by atoms with Crippen LogP contribution in [-0.2, 0) is 11.3 Å². The molecule has 1 amide bonds. The molecule has 2 saturated heterocycles. The highest BCUT2D eigenvalue weighted by Crippen LogP contribution is 2.37. The zero-order valence-corrected chi connectivity index (χ0v) is 17.2. The first-order valence-corrected chi connectivity index (χ1v) is 9.39. The zero-order chi connectivity index (χ0) is 18.5. The first kappa shape index (κ1) is 22.0. The van der Waals surface area contributed by atoms with E-state index in [9.17, 15) is 4.79 Å². The number of nitrogens with one attached hydrogen (secondary N) is 1. The van der Waals surface area contributed by atoms with Gasteiger partial charge in [0.2, 0.25) is 0 Å². The Morgan fingerprint density at radius 1 is 1.33 bits per heavy atom. The minimum absolute atomic E-state index is 0. The van der Waals surface area contributed by atoms with Crippen molar-refractivity contribution in [2.75, 3.05) is 53.0 Å². The number of nitrogens with two attached hydrogens (primary N) is 1. The molecule has 1 unspecified atom stereocenters. The fraction of sp³-hybridized carbons (Fsp3) is 0.611. The number of hydrogen-bond donors (Lipinski definition) is 2. The molecule has 0 bridgehead atoms. The lowest BCUT2D eigenvalue weighted by Gasteiger charge is -2.32. The van der Waals surface area contributed by atoms with Gasteiger partial charge in [-0.3, -0.25) is 14.6 Å². The van der Waals surface area contributed by atoms with E-state index in [1.165, 1.54) is 6.42 Å². The van der Waals surface area contributed by atoms with Crippen LogP contribution in [0.4, 0.5) is 0 Å². The van der Waals surface area contributed by atoms with E-state index in [-0.39, 0.29) is 19.0 Å². The summed E-state index contributed by atoms with van der Waals surface area (Å²) in [4.78, 5) is 16.0. The summed E-state index contributed by atoms with van der Waals surface area (Å²) in [7, 11) is 1.56. The molecule has 1 aromatic carbocycles. The van der Waals surface area contributed by atoms with E-state index in [0.29, 0.717) is 22.6 Å². The molecular weight excluding hydrogens is 391 g/mol. The van der Waals surface area contributed by atoms with Crippen LogP contribution in [0.1, 0.15) is 12.0 Å². The monoisotopic (exact) mass is 418 g/mol. The van der Waals surface area contributed by atoms with Crippen LogP contribution in [0.2, 0.25) is 5.02 Å². The average molecular weight is 419 g/mol. The lowest BCUT2D eigenvalue weighted by molar-refractivity contribution is -0.119. The van der Waals surface area contributed by atoms with Crippen LogP contribution in [0.5, 0.6) is 11.5 Å². The van der Waals surface area contributed by atoms with Crippen LogP contribution in [-0.4, -0.2) is 74.7 Å². The predicted octanol–water partition coefficient (Wildman–Crippen LogP) is 1.11. The molecule has 1 atom stereocenters. The van der Waals surface area contributed by atoms with E-state index in [1.807, 2.05) is 12.1 Å². The third-order valence-corrected chi connectivity index (χ3v) is 5.25. The first-order chi connectivity index (χ1) is 12.6. The van der Waals surface area contributed by atoms with Crippen molar-refractivity contribution in [1.29, 1.82) is 0 Å². The highest BCUT2D eigenvalue weighted by molar-refractivity contribution is 6.32. The van der Waals surface area contributed by atoms with E-state index in [1.54, 1.807) is 7.11 Å². The molecule has 152 valence electrons. The number of rotatable bonds is 7. The second-order valence-corrected chi connectivity index (χ2v) is 7.23. The summed E-state index contributed by atoms with van der Waals surface area (Å²) < 4.78 is 10.8. The van der Waals surface area contributed by atoms with Gasteiger partial charge in [0.05, 0.1) is 12.1 Å². The molecule has 0 spiro atoms. The maximum absolute atomic E-state index is 10.9. The number of nitrogens with zero attached hydrogens (tertiary/aromatic N) is 2. The van der Waals surface area contributed by atoms with E-state index in [0.717, 1.165) is 51.4 Å². The van der Waals surface area contributed by atoms with Gasteiger partial charge in [-0.2, -0.15) is 0 Å². The standard InChI is InChI=1S/C18H27ClN4O3.ClH/c1-25-16-9-13(8-15(19)18(16)26-12-17(20)24)10-22-5-2-14(11-22)23-6-3-21-4-7-23;/h8-9,14,21H,2-7,10-12H2,1H3,(H2,20,24);1H. The van der Waals surface area contributed by atoms with Crippen molar-refractivity contribution in [2.24, 2.45) is 5.73 Å². The van der Waals surface area contributed by atoms with Crippen molar-refractivity contribution in [2.45, 2.75) is 19.0 Å². The quantitative estimate of drug-likeness (QED) is 0.690. The molecule has 2 heterocycles. The fourth-order valence-corrected chi connectivity index (χ4v) is 4.00. The summed E-state index contributed by atoms with van der Waals surface area (Å²) in [5, 5.41) is 3.84. The van der Waals surface area contributed by atoms with Gasteiger partial charge >= 0.3 is 0 Å². The number of methoxy groups -OCH3 is 1. The number of amides is 1. The van der Waals surface area contributed by atoms with Gasteiger partial charge in [0.25, 0.3) is 5.91 Å². The minimum atomic E-state index is -0.553. The van der Waals surface area contributed by atoms with Crippen LogP contribution in [0, 0.1) is 0 Å². The molecule has 2 fully saturated rings. The summed E-state index contributed by atoms with van der Waals surface area (Å²) in [5.41, 5.74) is 6.20. The molecule has 9 heteroatoms. The molecule has 0 radical (unpaired) electrons. The van der Waals surface area contributed by atoms with Crippen LogP contribution >= 0.6 is 24.0 Å². The summed E-state index contributed by atoms with van der Waals surface area (Å²) in [6.07, 6.45) is 1.20. The van der Waals surface area contributed by atoms with Crippen LogP contribution in [0.15, 0.2) is 12.1 Å². The highest BCUT2D eigenvalue weighted by atomic mass is 35.5. The molecule has 2 aliphatic rings. The lowest BCUT2D eigenvalue weighted by atomic mass is 10.2. The first-order valence-electron chi connectivity index (χ1n) is 9.01. The molecule has 0 aromatic heterocycles.